The molecule has 0 aromatic heterocycles. The molecular formula is C15H20N4O3. The van der Waals surface area contributed by atoms with Gasteiger partial charge in [-0.2, -0.15) is 0 Å². The summed E-state index contributed by atoms with van der Waals surface area (Å²) in [5, 5.41) is 0. The topological polar surface area (TPSA) is 81.8 Å². The number of carbonyl (C=O) groups excluding carboxylic acids is 3. The largest absolute Gasteiger partial charge is 0.336 e. The van der Waals surface area contributed by atoms with Gasteiger partial charge in [0, 0.05) is 38.7 Å². The van der Waals surface area contributed by atoms with Gasteiger partial charge in [0.2, 0.25) is 5.91 Å². The number of hydrazine groups is 1. The second kappa shape index (κ2) is 7.56. The minimum atomic E-state index is -0.313. The van der Waals surface area contributed by atoms with E-state index < -0.39 is 0 Å². The number of piperazine rings is 1. The summed E-state index contributed by atoms with van der Waals surface area (Å²) < 4.78 is 0. The maximum atomic E-state index is 12.3. The number of benzene rings is 1. The molecule has 0 unspecified atom stereocenters. The third-order valence-electron chi connectivity index (χ3n) is 3.43. The van der Waals surface area contributed by atoms with Gasteiger partial charge in [0.1, 0.15) is 0 Å². The van der Waals surface area contributed by atoms with Crippen molar-refractivity contribution in [2.24, 2.45) is 0 Å². The highest BCUT2D eigenvalue weighted by Gasteiger charge is 2.23. The summed E-state index contributed by atoms with van der Waals surface area (Å²) in [6.45, 7) is 3.96. The number of carbonyl (C=O) groups is 3. The van der Waals surface area contributed by atoms with Gasteiger partial charge >= 0.3 is 0 Å². The first-order chi connectivity index (χ1) is 10.6. The Labute approximate surface area is 129 Å². The molecular weight excluding hydrogens is 284 g/mol. The van der Waals surface area contributed by atoms with Crippen LogP contribution in [0.25, 0.3) is 0 Å². The first-order valence-corrected chi connectivity index (χ1v) is 7.18. The Morgan fingerprint density at radius 2 is 1.64 bits per heavy atom. The van der Waals surface area contributed by atoms with Crippen molar-refractivity contribution in [1.29, 1.82) is 0 Å². The number of hydrogen-bond donors (Lipinski definition) is 2. The second-order valence-corrected chi connectivity index (χ2v) is 5.16. The number of hydrogen-bond acceptors (Lipinski definition) is 4. The molecule has 7 heteroatoms. The first kappa shape index (κ1) is 16.0. The van der Waals surface area contributed by atoms with Crippen molar-refractivity contribution in [2.75, 3.05) is 32.7 Å². The smallest absolute Gasteiger partial charge is 0.253 e. The van der Waals surface area contributed by atoms with Gasteiger partial charge in [0.05, 0.1) is 6.54 Å². The Kier molecular flexibility index (Phi) is 5.48. The molecule has 0 saturated carbocycles. The van der Waals surface area contributed by atoms with E-state index in [2.05, 4.69) is 10.9 Å². The fraction of sp³-hybridized carbons (Fsp3) is 0.400. The van der Waals surface area contributed by atoms with Gasteiger partial charge < -0.3 is 4.90 Å². The molecule has 0 radical (unpaired) electrons. The lowest BCUT2D eigenvalue weighted by molar-refractivity contribution is -0.128. The molecule has 1 saturated heterocycles. The quantitative estimate of drug-likeness (QED) is 0.745. The fourth-order valence-corrected chi connectivity index (χ4v) is 2.27. The maximum Gasteiger partial charge on any atom is 0.253 e. The lowest BCUT2D eigenvalue weighted by atomic mass is 10.2. The number of nitrogens with zero attached hydrogens (tertiary/aromatic N) is 2. The summed E-state index contributed by atoms with van der Waals surface area (Å²) >= 11 is 0. The first-order valence-electron chi connectivity index (χ1n) is 7.18. The second-order valence-electron chi connectivity index (χ2n) is 5.16. The molecule has 0 atom stereocenters. The zero-order valence-corrected chi connectivity index (χ0v) is 12.5. The van der Waals surface area contributed by atoms with E-state index >= 15 is 0 Å². The van der Waals surface area contributed by atoms with Crippen molar-refractivity contribution in [3.8, 4) is 0 Å². The lowest BCUT2D eigenvalue weighted by Crippen LogP contribution is -2.52. The van der Waals surface area contributed by atoms with Crippen LogP contribution in [-0.4, -0.2) is 60.2 Å². The summed E-state index contributed by atoms with van der Waals surface area (Å²) in [4.78, 5) is 38.3. The summed E-state index contributed by atoms with van der Waals surface area (Å²) in [5.41, 5.74) is 5.26. The summed E-state index contributed by atoms with van der Waals surface area (Å²) in [7, 11) is 0. The van der Waals surface area contributed by atoms with Crippen LogP contribution in [0, 0.1) is 0 Å². The van der Waals surface area contributed by atoms with Crippen LogP contribution in [0.1, 0.15) is 17.3 Å². The van der Waals surface area contributed by atoms with E-state index in [-0.39, 0.29) is 24.3 Å². The summed E-state index contributed by atoms with van der Waals surface area (Å²) in [6, 6.07) is 9.17. The van der Waals surface area contributed by atoms with Crippen molar-refractivity contribution in [3.63, 3.8) is 0 Å². The van der Waals surface area contributed by atoms with Crippen molar-refractivity contribution in [3.05, 3.63) is 35.9 Å². The molecule has 1 aliphatic heterocycles. The normalized spacial score (nSPS) is 15.2. The number of amides is 3. The third kappa shape index (κ3) is 4.56. The van der Waals surface area contributed by atoms with Gasteiger partial charge in [-0.25, -0.2) is 0 Å². The maximum absolute atomic E-state index is 12.3. The molecule has 1 fully saturated rings. The van der Waals surface area contributed by atoms with Gasteiger partial charge in [-0.1, -0.05) is 18.2 Å². The van der Waals surface area contributed by atoms with E-state index in [1.54, 1.807) is 17.0 Å². The molecule has 0 aliphatic carbocycles. The van der Waals surface area contributed by atoms with Crippen LogP contribution in [-0.2, 0) is 9.59 Å². The number of rotatable bonds is 3. The van der Waals surface area contributed by atoms with Gasteiger partial charge in [0.15, 0.2) is 0 Å². The molecule has 3 amide bonds. The molecule has 0 spiro atoms. The minimum Gasteiger partial charge on any atom is -0.336 e. The van der Waals surface area contributed by atoms with Crippen molar-refractivity contribution in [2.45, 2.75) is 6.92 Å². The monoisotopic (exact) mass is 304 g/mol. The molecule has 1 aliphatic rings. The van der Waals surface area contributed by atoms with Crippen LogP contribution >= 0.6 is 0 Å². The molecule has 22 heavy (non-hydrogen) atoms. The average Bonchev–Trinajstić information content (AvgIpc) is 2.54. The molecule has 1 heterocycles. The predicted octanol–water partition coefficient (Wildman–Crippen LogP) is -0.388. The van der Waals surface area contributed by atoms with Gasteiger partial charge in [-0.3, -0.25) is 30.1 Å². The highest BCUT2D eigenvalue weighted by molar-refractivity contribution is 5.94. The summed E-state index contributed by atoms with van der Waals surface area (Å²) in [5.74, 6) is -0.562. The predicted molar refractivity (Wildman–Crippen MR) is 80.7 cm³/mol. The lowest BCUT2D eigenvalue weighted by Gasteiger charge is -2.34. The van der Waals surface area contributed by atoms with Gasteiger partial charge in [-0.15, -0.1) is 0 Å². The highest BCUT2D eigenvalue weighted by atomic mass is 16.2. The zero-order valence-electron chi connectivity index (χ0n) is 12.5. The zero-order chi connectivity index (χ0) is 15.9. The van der Waals surface area contributed by atoms with Crippen molar-refractivity contribution in [1.82, 2.24) is 20.7 Å². The SMILES string of the molecule is CC(=O)NNC(=O)CN1CCN(C(=O)c2ccccc2)CC1. The highest BCUT2D eigenvalue weighted by Crippen LogP contribution is 2.08. The van der Waals surface area contributed by atoms with Crippen LogP contribution in [0.2, 0.25) is 0 Å². The Morgan fingerprint density at radius 1 is 1.00 bits per heavy atom. The molecule has 1 aromatic rings. The summed E-state index contributed by atoms with van der Waals surface area (Å²) in [6.07, 6.45) is 0. The van der Waals surface area contributed by atoms with E-state index in [4.69, 9.17) is 0 Å². The van der Waals surface area contributed by atoms with E-state index in [9.17, 15) is 14.4 Å². The van der Waals surface area contributed by atoms with Crippen molar-refractivity contribution >= 4 is 17.7 Å². The van der Waals surface area contributed by atoms with E-state index in [1.807, 2.05) is 23.1 Å². The standard InChI is InChI=1S/C15H20N4O3/c1-12(20)16-17-14(21)11-18-7-9-19(10-8-18)15(22)13-5-3-2-4-6-13/h2-6H,7-11H2,1H3,(H,16,20)(H,17,21). The Bertz CT molecular complexity index is 539. The fourth-order valence-electron chi connectivity index (χ4n) is 2.27. The van der Waals surface area contributed by atoms with E-state index in [0.717, 1.165) is 0 Å². The minimum absolute atomic E-state index is 0.0166. The molecule has 1 aromatic carbocycles. The Hall–Kier alpha value is -2.41. The molecule has 2 rings (SSSR count). The molecule has 2 N–H and O–H groups in total. The van der Waals surface area contributed by atoms with Crippen LogP contribution in [0.15, 0.2) is 30.3 Å². The Balaban J connectivity index is 1.77. The molecule has 118 valence electrons. The van der Waals surface area contributed by atoms with Crippen LogP contribution in [0.3, 0.4) is 0 Å². The number of nitrogens with one attached hydrogen (secondary N) is 2. The third-order valence-corrected chi connectivity index (χ3v) is 3.43. The van der Waals surface area contributed by atoms with Crippen LogP contribution in [0.4, 0.5) is 0 Å². The molecule has 0 bridgehead atoms. The molecule has 7 nitrogen and oxygen atoms in total. The van der Waals surface area contributed by atoms with E-state index in [0.29, 0.717) is 31.7 Å². The van der Waals surface area contributed by atoms with E-state index in [1.165, 1.54) is 6.92 Å². The Morgan fingerprint density at radius 3 is 2.23 bits per heavy atom. The van der Waals surface area contributed by atoms with Crippen LogP contribution in [0.5, 0.6) is 0 Å². The van der Waals surface area contributed by atoms with Gasteiger partial charge in [0.25, 0.3) is 11.8 Å². The van der Waals surface area contributed by atoms with Gasteiger partial charge in [-0.05, 0) is 12.1 Å². The van der Waals surface area contributed by atoms with Crippen LogP contribution < -0.4 is 10.9 Å². The average molecular weight is 304 g/mol. The van der Waals surface area contributed by atoms with Crippen molar-refractivity contribution < 1.29 is 14.4 Å².